The minimum atomic E-state index is -0.0978. The predicted molar refractivity (Wildman–Crippen MR) is 43.2 cm³/mol. The normalized spacial score (nSPS) is 8.50. The first-order valence-corrected chi connectivity index (χ1v) is 3.23. The van der Waals surface area contributed by atoms with Crippen molar-refractivity contribution in [2.45, 2.75) is 0 Å². The van der Waals surface area contributed by atoms with Crippen LogP contribution in [0.5, 0.6) is 0 Å². The third-order valence-corrected chi connectivity index (χ3v) is 1.68. The van der Waals surface area contributed by atoms with E-state index in [1.807, 2.05) is 0 Å². The Morgan fingerprint density at radius 2 is 2.20 bits per heavy atom. The summed E-state index contributed by atoms with van der Waals surface area (Å²) in [5.41, 5.74) is 5.06. The van der Waals surface area contributed by atoms with Crippen LogP contribution in [0.4, 0.5) is 0 Å². The fourth-order valence-corrected chi connectivity index (χ4v) is 1.00. The third kappa shape index (κ3) is 2.09. The lowest BCUT2D eigenvalue weighted by Gasteiger charge is -1.81. The number of rotatable bonds is 1. The Kier molecular flexibility index (Phi) is 3.55. The molecule has 0 fully saturated rings. The van der Waals surface area contributed by atoms with Gasteiger partial charge in [-0.05, 0) is 11.6 Å². The fourth-order valence-electron chi connectivity index (χ4n) is 0.314. The van der Waals surface area contributed by atoms with Gasteiger partial charge in [-0.1, -0.05) is 11.3 Å². The van der Waals surface area contributed by atoms with Crippen LogP contribution >= 0.6 is 35.3 Å². The van der Waals surface area contributed by atoms with Crippen LogP contribution in [-0.2, 0) is 0 Å². The fraction of sp³-hybridized carbons (Fsp3) is 0. The molecule has 3 N–H and O–H groups in total. The summed E-state index contributed by atoms with van der Waals surface area (Å²) in [6.45, 7) is 0. The van der Waals surface area contributed by atoms with Gasteiger partial charge in [0.2, 0.25) is 4.47 Å². The summed E-state index contributed by atoms with van der Waals surface area (Å²) in [5, 5.41) is 14.2. The smallest absolute Gasteiger partial charge is 0.207 e. The van der Waals surface area contributed by atoms with Gasteiger partial charge in [-0.3, -0.25) is 5.41 Å². The zero-order valence-electron chi connectivity index (χ0n) is 4.67. The monoisotopic (exact) mass is 198 g/mol. The molecule has 0 spiro atoms. The average molecular weight is 199 g/mol. The van der Waals surface area contributed by atoms with Gasteiger partial charge in [-0.2, -0.15) is 0 Å². The van der Waals surface area contributed by atoms with Crippen molar-refractivity contribution >= 4 is 41.2 Å². The van der Waals surface area contributed by atoms with E-state index in [0.717, 1.165) is 11.3 Å². The van der Waals surface area contributed by atoms with E-state index >= 15 is 0 Å². The number of halogens is 2. The molecular weight excluding hydrogens is 195 g/mol. The van der Waals surface area contributed by atoms with Crippen LogP contribution in [0.15, 0.2) is 0 Å². The molecule has 10 heavy (non-hydrogen) atoms. The molecule has 7 heteroatoms. The quantitative estimate of drug-likeness (QED) is 0.521. The minimum absolute atomic E-state index is 0. The number of nitrogens with two attached hydrogens (primary N) is 1. The van der Waals surface area contributed by atoms with Gasteiger partial charge in [0.05, 0.1) is 0 Å². The largest absolute Gasteiger partial charge is 0.382 e. The Labute approximate surface area is 72.3 Å². The molecule has 0 aliphatic carbocycles. The number of hydrogen-bond donors (Lipinski definition) is 2. The van der Waals surface area contributed by atoms with Gasteiger partial charge in [0.25, 0.3) is 0 Å². The Bertz CT molecular complexity index is 234. The molecule has 0 saturated heterocycles. The van der Waals surface area contributed by atoms with Gasteiger partial charge in [-0.15, -0.1) is 22.6 Å². The maximum absolute atomic E-state index is 6.88. The Morgan fingerprint density at radius 1 is 1.60 bits per heavy atom. The number of aromatic nitrogens is 2. The van der Waals surface area contributed by atoms with Crippen LogP contribution in [0.1, 0.15) is 5.01 Å². The van der Waals surface area contributed by atoms with Crippen molar-refractivity contribution < 1.29 is 0 Å². The average Bonchev–Trinajstić information content (AvgIpc) is 2.14. The molecule has 1 aromatic rings. The maximum atomic E-state index is 6.88. The van der Waals surface area contributed by atoms with Gasteiger partial charge < -0.3 is 5.73 Å². The highest BCUT2D eigenvalue weighted by Crippen LogP contribution is 2.13. The highest BCUT2D eigenvalue weighted by Gasteiger charge is 2.02. The molecule has 56 valence electrons. The van der Waals surface area contributed by atoms with E-state index < -0.39 is 0 Å². The number of nitrogen functional groups attached to an aromatic ring is 1. The van der Waals surface area contributed by atoms with Gasteiger partial charge in [0.1, 0.15) is 0 Å². The van der Waals surface area contributed by atoms with E-state index in [1.54, 1.807) is 0 Å². The molecule has 0 saturated carbocycles. The van der Waals surface area contributed by atoms with Gasteiger partial charge in [0, 0.05) is 0 Å². The van der Waals surface area contributed by atoms with Crippen molar-refractivity contribution in [1.82, 2.24) is 10.2 Å². The first-order valence-electron chi connectivity index (χ1n) is 2.03. The molecule has 1 aromatic heterocycles. The van der Waals surface area contributed by atoms with Crippen LogP contribution in [-0.4, -0.2) is 16.0 Å². The number of nitrogens with one attached hydrogen (secondary N) is 1. The van der Waals surface area contributed by atoms with Crippen molar-refractivity contribution in [3.8, 4) is 0 Å². The van der Waals surface area contributed by atoms with E-state index in [9.17, 15) is 0 Å². The Hall–Kier alpha value is -0.390. The second-order valence-corrected chi connectivity index (χ2v) is 2.83. The van der Waals surface area contributed by atoms with Crippen molar-refractivity contribution in [1.29, 1.82) is 5.41 Å². The van der Waals surface area contributed by atoms with Gasteiger partial charge >= 0.3 is 0 Å². The van der Waals surface area contributed by atoms with E-state index in [1.165, 1.54) is 0 Å². The summed E-state index contributed by atoms with van der Waals surface area (Å²) in [6.07, 6.45) is 0. The second kappa shape index (κ2) is 3.70. The molecular formula is C3H4Cl2N4S. The second-order valence-electron chi connectivity index (χ2n) is 1.27. The molecule has 0 bridgehead atoms. The lowest BCUT2D eigenvalue weighted by atomic mass is 10.7. The summed E-state index contributed by atoms with van der Waals surface area (Å²) in [4.78, 5) is 0. The molecule has 0 unspecified atom stereocenters. The highest BCUT2D eigenvalue weighted by molar-refractivity contribution is 7.17. The topological polar surface area (TPSA) is 75.7 Å². The SMILES string of the molecule is Cl.N=C(N)c1nnc(Cl)s1. The van der Waals surface area contributed by atoms with Crippen LogP contribution in [0.25, 0.3) is 0 Å². The number of nitrogens with zero attached hydrogens (tertiary/aromatic N) is 2. The number of hydrogen-bond acceptors (Lipinski definition) is 4. The highest BCUT2D eigenvalue weighted by atomic mass is 35.5. The van der Waals surface area contributed by atoms with E-state index in [-0.39, 0.29) is 18.2 Å². The van der Waals surface area contributed by atoms with Gasteiger partial charge in [0.15, 0.2) is 10.8 Å². The summed E-state index contributed by atoms with van der Waals surface area (Å²) >= 11 is 6.49. The van der Waals surface area contributed by atoms with Gasteiger partial charge in [-0.25, -0.2) is 0 Å². The lowest BCUT2D eigenvalue weighted by Crippen LogP contribution is -2.10. The molecule has 1 rings (SSSR count). The van der Waals surface area contributed by atoms with Crippen molar-refractivity contribution in [3.63, 3.8) is 0 Å². The van der Waals surface area contributed by atoms with E-state index in [2.05, 4.69) is 10.2 Å². The number of amidine groups is 1. The summed E-state index contributed by atoms with van der Waals surface area (Å²) in [6, 6.07) is 0. The molecule has 0 atom stereocenters. The van der Waals surface area contributed by atoms with Crippen LogP contribution in [0, 0.1) is 5.41 Å². The molecule has 4 nitrogen and oxygen atoms in total. The molecule has 0 amide bonds. The molecule has 0 aliphatic rings. The Balaban J connectivity index is 0.000000810. The van der Waals surface area contributed by atoms with Crippen LogP contribution in [0.2, 0.25) is 4.47 Å². The van der Waals surface area contributed by atoms with Crippen molar-refractivity contribution in [2.75, 3.05) is 0 Å². The van der Waals surface area contributed by atoms with Crippen LogP contribution in [0.3, 0.4) is 0 Å². The molecule has 0 radical (unpaired) electrons. The zero-order chi connectivity index (χ0) is 6.85. The summed E-state index contributed by atoms with van der Waals surface area (Å²) in [5.74, 6) is -0.0978. The first kappa shape index (κ1) is 9.61. The molecule has 1 heterocycles. The molecule has 0 aromatic carbocycles. The Morgan fingerprint density at radius 3 is 2.40 bits per heavy atom. The van der Waals surface area contributed by atoms with Crippen molar-refractivity contribution in [2.24, 2.45) is 5.73 Å². The zero-order valence-corrected chi connectivity index (χ0v) is 7.06. The predicted octanol–water partition coefficient (Wildman–Crippen LogP) is 0.897. The standard InChI is InChI=1S/C3H3ClN4S.ClH/c4-3-8-7-2(9-3)1(5)6;/h(H3,5,6);1H. The van der Waals surface area contributed by atoms with E-state index in [0.29, 0.717) is 9.47 Å². The van der Waals surface area contributed by atoms with Crippen molar-refractivity contribution in [3.05, 3.63) is 9.47 Å². The van der Waals surface area contributed by atoms with Crippen LogP contribution < -0.4 is 5.73 Å². The summed E-state index contributed by atoms with van der Waals surface area (Å²) < 4.78 is 0.306. The minimum Gasteiger partial charge on any atom is -0.382 e. The maximum Gasteiger partial charge on any atom is 0.207 e. The van der Waals surface area contributed by atoms with E-state index in [4.69, 9.17) is 22.7 Å². The third-order valence-electron chi connectivity index (χ3n) is 0.631. The molecule has 0 aliphatic heterocycles. The summed E-state index contributed by atoms with van der Waals surface area (Å²) in [7, 11) is 0. The first-order chi connectivity index (χ1) is 4.20. The lowest BCUT2D eigenvalue weighted by molar-refractivity contribution is 1.07.